The maximum absolute atomic E-state index is 11.5. The minimum absolute atomic E-state index is 0. The van der Waals surface area contributed by atoms with Crippen molar-refractivity contribution in [3.8, 4) is 0 Å². The summed E-state index contributed by atoms with van der Waals surface area (Å²) >= 11 is 0. The van der Waals surface area contributed by atoms with Crippen LogP contribution in [0.4, 0.5) is 0 Å². The zero-order valence-corrected chi connectivity index (χ0v) is 19.5. The molecule has 1 unspecified atom stereocenters. The first-order chi connectivity index (χ1) is 12.9. The molecule has 0 radical (unpaired) electrons. The van der Waals surface area contributed by atoms with Gasteiger partial charge in [0.05, 0.1) is 5.60 Å². The number of rotatable bonds is 7. The van der Waals surface area contributed by atoms with Crippen LogP contribution >= 0.6 is 24.8 Å². The van der Waals surface area contributed by atoms with Crippen LogP contribution in [0.3, 0.4) is 0 Å². The summed E-state index contributed by atoms with van der Waals surface area (Å²) in [5.41, 5.74) is 1.24. The fourth-order valence-electron chi connectivity index (χ4n) is 4.42. The first-order valence-electron chi connectivity index (χ1n) is 10.3. The Balaban J connectivity index is 0.00000210. The van der Waals surface area contributed by atoms with Crippen LogP contribution in [0.5, 0.6) is 0 Å². The van der Waals surface area contributed by atoms with Crippen molar-refractivity contribution in [3.63, 3.8) is 0 Å². The molecule has 2 atom stereocenters. The van der Waals surface area contributed by atoms with Gasteiger partial charge in [0, 0.05) is 24.1 Å². The van der Waals surface area contributed by atoms with Gasteiger partial charge in [0.25, 0.3) is 0 Å². The van der Waals surface area contributed by atoms with Crippen molar-refractivity contribution < 1.29 is 5.11 Å². The highest BCUT2D eigenvalue weighted by Gasteiger charge is 2.39. The summed E-state index contributed by atoms with van der Waals surface area (Å²) in [5.74, 6) is 0.00395. The predicted octanol–water partition coefficient (Wildman–Crippen LogP) is 6.21. The third-order valence-electron chi connectivity index (χ3n) is 6.42. The molecule has 2 N–H and O–H groups in total. The molecule has 0 amide bonds. The number of aliphatic hydroxyl groups is 1. The second kappa shape index (κ2) is 11.3. The van der Waals surface area contributed by atoms with E-state index in [2.05, 4.69) is 68.4 Å². The Morgan fingerprint density at radius 3 is 2.24 bits per heavy atom. The highest BCUT2D eigenvalue weighted by atomic mass is 35.5. The van der Waals surface area contributed by atoms with Crippen LogP contribution in [0.15, 0.2) is 42.5 Å². The maximum atomic E-state index is 11.5. The van der Waals surface area contributed by atoms with Gasteiger partial charge in [-0.05, 0) is 56.6 Å². The lowest BCUT2D eigenvalue weighted by atomic mass is 9.70. The monoisotopic (exact) mass is 438 g/mol. The Morgan fingerprint density at radius 1 is 1.00 bits per heavy atom. The number of nitrogens with zero attached hydrogens (tertiary/aromatic N) is 1. The average Bonchev–Trinajstić information content (AvgIpc) is 2.66. The standard InChI is InChI=1S/C24H34N2O.2ClH/c1-18(26(2)3)15-22(25)17-23(24(27)13-7-4-8-14-24)21-12-11-19-9-5-6-10-20(19)16-21;;/h5-6,9-12,16,18,23,25,27H,4,7-8,13-15,17H2,1-3H3;2*1H/t18-,23?;;/m0../s1. The molecule has 2 aromatic rings. The third kappa shape index (κ3) is 6.42. The molecule has 0 saturated heterocycles. The van der Waals surface area contributed by atoms with Crippen molar-refractivity contribution in [2.24, 2.45) is 0 Å². The number of nitrogens with one attached hydrogen (secondary N) is 1. The molecule has 1 saturated carbocycles. The summed E-state index contributed by atoms with van der Waals surface area (Å²) in [4.78, 5) is 2.16. The van der Waals surface area contributed by atoms with Gasteiger partial charge >= 0.3 is 0 Å². The molecule has 5 heteroatoms. The number of halogens is 2. The molecule has 0 heterocycles. The van der Waals surface area contributed by atoms with Crippen molar-refractivity contribution in [1.29, 1.82) is 5.41 Å². The molecule has 0 spiro atoms. The van der Waals surface area contributed by atoms with E-state index in [4.69, 9.17) is 5.41 Å². The quantitative estimate of drug-likeness (QED) is 0.504. The fraction of sp³-hybridized carbons (Fsp3) is 0.542. The lowest BCUT2D eigenvalue weighted by Crippen LogP contribution is -2.40. The minimum Gasteiger partial charge on any atom is -0.389 e. The van der Waals surface area contributed by atoms with E-state index in [0.29, 0.717) is 12.5 Å². The minimum atomic E-state index is -0.686. The molecule has 3 rings (SSSR count). The molecule has 3 nitrogen and oxygen atoms in total. The van der Waals surface area contributed by atoms with E-state index in [1.807, 2.05) is 0 Å². The van der Waals surface area contributed by atoms with Crippen molar-refractivity contribution in [3.05, 3.63) is 48.0 Å². The summed E-state index contributed by atoms with van der Waals surface area (Å²) in [5, 5.41) is 22.6. The normalized spacial score (nSPS) is 17.8. The summed E-state index contributed by atoms with van der Waals surface area (Å²) in [6, 6.07) is 15.3. The highest BCUT2D eigenvalue weighted by molar-refractivity contribution is 5.86. The SMILES string of the molecule is C[C@@H](CC(=N)CC(c1ccc2ccccc2c1)C1(O)CCCCC1)N(C)C.Cl.Cl. The van der Waals surface area contributed by atoms with Gasteiger partial charge in [-0.2, -0.15) is 0 Å². The molecular formula is C24H36Cl2N2O. The molecule has 29 heavy (non-hydrogen) atoms. The predicted molar refractivity (Wildman–Crippen MR) is 129 cm³/mol. The van der Waals surface area contributed by atoms with E-state index < -0.39 is 5.60 Å². The summed E-state index contributed by atoms with van der Waals surface area (Å²) in [6.45, 7) is 2.16. The van der Waals surface area contributed by atoms with E-state index in [1.165, 1.54) is 22.8 Å². The van der Waals surface area contributed by atoms with Gasteiger partial charge in [0.1, 0.15) is 0 Å². The molecule has 0 aliphatic heterocycles. The van der Waals surface area contributed by atoms with E-state index in [-0.39, 0.29) is 30.7 Å². The van der Waals surface area contributed by atoms with Crippen LogP contribution in [0.25, 0.3) is 10.8 Å². The topological polar surface area (TPSA) is 47.3 Å². The lowest BCUT2D eigenvalue weighted by Gasteiger charge is -2.40. The average molecular weight is 439 g/mol. The Labute approximate surface area is 188 Å². The molecule has 1 aliphatic rings. The lowest BCUT2D eigenvalue weighted by molar-refractivity contribution is -0.0202. The van der Waals surface area contributed by atoms with Gasteiger partial charge in [-0.1, -0.05) is 61.7 Å². The van der Waals surface area contributed by atoms with E-state index in [1.54, 1.807) is 0 Å². The molecule has 1 aliphatic carbocycles. The zero-order chi connectivity index (χ0) is 19.4. The van der Waals surface area contributed by atoms with Gasteiger partial charge < -0.3 is 15.4 Å². The number of hydrogen-bond acceptors (Lipinski definition) is 3. The van der Waals surface area contributed by atoms with Gasteiger partial charge in [-0.3, -0.25) is 0 Å². The van der Waals surface area contributed by atoms with Gasteiger partial charge in [-0.15, -0.1) is 24.8 Å². The number of hydrogen-bond donors (Lipinski definition) is 2. The zero-order valence-electron chi connectivity index (χ0n) is 17.9. The van der Waals surface area contributed by atoms with Crippen molar-refractivity contribution in [2.45, 2.75) is 69.4 Å². The smallest absolute Gasteiger partial charge is 0.0719 e. The summed E-state index contributed by atoms with van der Waals surface area (Å²) in [7, 11) is 4.13. The van der Waals surface area contributed by atoms with Crippen molar-refractivity contribution in [1.82, 2.24) is 4.90 Å². The van der Waals surface area contributed by atoms with Crippen LogP contribution < -0.4 is 0 Å². The summed E-state index contributed by atoms with van der Waals surface area (Å²) < 4.78 is 0. The second-order valence-electron chi connectivity index (χ2n) is 8.65. The maximum Gasteiger partial charge on any atom is 0.0719 e. The van der Waals surface area contributed by atoms with Crippen molar-refractivity contribution >= 4 is 41.3 Å². The van der Waals surface area contributed by atoms with Crippen molar-refractivity contribution in [2.75, 3.05) is 14.1 Å². The third-order valence-corrected chi connectivity index (χ3v) is 6.42. The largest absolute Gasteiger partial charge is 0.389 e. The van der Waals surface area contributed by atoms with Crippen LogP contribution in [0.1, 0.15) is 63.4 Å². The first kappa shape index (κ1) is 25.9. The van der Waals surface area contributed by atoms with Crippen LogP contribution in [-0.4, -0.2) is 41.5 Å². The second-order valence-corrected chi connectivity index (χ2v) is 8.65. The summed E-state index contributed by atoms with van der Waals surface area (Å²) in [6.07, 6.45) is 6.48. The number of fused-ring (bicyclic) bond motifs is 1. The van der Waals surface area contributed by atoms with E-state index >= 15 is 0 Å². The van der Waals surface area contributed by atoms with Gasteiger partial charge in [0.2, 0.25) is 0 Å². The molecule has 1 fully saturated rings. The van der Waals surface area contributed by atoms with E-state index in [0.717, 1.165) is 37.8 Å². The van der Waals surface area contributed by atoms with Gasteiger partial charge in [0.15, 0.2) is 0 Å². The Bertz CT molecular complexity index is 787. The van der Waals surface area contributed by atoms with Crippen LogP contribution in [-0.2, 0) is 0 Å². The van der Waals surface area contributed by atoms with Gasteiger partial charge in [-0.25, -0.2) is 0 Å². The Hall–Kier alpha value is -1.13. The molecule has 162 valence electrons. The van der Waals surface area contributed by atoms with E-state index in [9.17, 15) is 5.11 Å². The Kier molecular flexibility index (Phi) is 10.1. The molecule has 2 aromatic carbocycles. The molecule has 0 aromatic heterocycles. The fourth-order valence-corrected chi connectivity index (χ4v) is 4.42. The highest BCUT2D eigenvalue weighted by Crippen LogP contribution is 2.43. The molecule has 0 bridgehead atoms. The first-order valence-corrected chi connectivity index (χ1v) is 10.3. The molecular weight excluding hydrogens is 403 g/mol. The van der Waals surface area contributed by atoms with Crippen LogP contribution in [0.2, 0.25) is 0 Å². The number of benzene rings is 2. The Morgan fingerprint density at radius 2 is 1.62 bits per heavy atom. The van der Waals surface area contributed by atoms with Crippen LogP contribution in [0, 0.1) is 5.41 Å².